The van der Waals surface area contributed by atoms with Crippen molar-refractivity contribution < 1.29 is 14.4 Å². The average Bonchev–Trinajstić information content (AvgIpc) is 2.71. The molecule has 1 aliphatic heterocycles. The zero-order chi connectivity index (χ0) is 19.4. The van der Waals surface area contributed by atoms with Gasteiger partial charge in [-0.15, -0.1) is 0 Å². The number of piperazine rings is 1. The van der Waals surface area contributed by atoms with Gasteiger partial charge in [-0.3, -0.25) is 14.4 Å². The van der Waals surface area contributed by atoms with Crippen molar-refractivity contribution in [3.05, 3.63) is 64.7 Å². The third-order valence-electron chi connectivity index (χ3n) is 4.98. The van der Waals surface area contributed by atoms with Gasteiger partial charge in [0.25, 0.3) is 11.8 Å². The van der Waals surface area contributed by atoms with Crippen molar-refractivity contribution in [1.29, 1.82) is 0 Å². The first kappa shape index (κ1) is 18.6. The fourth-order valence-electron chi connectivity index (χ4n) is 3.09. The van der Waals surface area contributed by atoms with E-state index in [0.29, 0.717) is 37.3 Å². The summed E-state index contributed by atoms with van der Waals surface area (Å²) in [4.78, 5) is 39.5. The lowest BCUT2D eigenvalue weighted by molar-refractivity contribution is -0.119. The Morgan fingerprint density at radius 3 is 2.33 bits per heavy atom. The number of anilines is 1. The van der Waals surface area contributed by atoms with Gasteiger partial charge >= 0.3 is 0 Å². The molecule has 3 amide bonds. The summed E-state index contributed by atoms with van der Waals surface area (Å²) in [5, 5.41) is 2.92. The van der Waals surface area contributed by atoms with Crippen LogP contribution >= 0.6 is 0 Å². The normalized spacial score (nSPS) is 14.0. The van der Waals surface area contributed by atoms with E-state index in [1.165, 1.54) is 0 Å². The third kappa shape index (κ3) is 4.16. The van der Waals surface area contributed by atoms with Crippen molar-refractivity contribution in [2.75, 3.05) is 31.5 Å². The number of amides is 3. The molecule has 0 aromatic heterocycles. The van der Waals surface area contributed by atoms with E-state index in [-0.39, 0.29) is 11.8 Å². The zero-order valence-electron chi connectivity index (χ0n) is 15.6. The van der Waals surface area contributed by atoms with Gasteiger partial charge in [0.2, 0.25) is 6.41 Å². The number of nitrogens with one attached hydrogen (secondary N) is 1. The lowest BCUT2D eigenvalue weighted by atomic mass is 10.1. The molecule has 3 rings (SSSR count). The molecule has 1 aliphatic rings. The van der Waals surface area contributed by atoms with E-state index in [9.17, 15) is 14.4 Å². The molecule has 0 radical (unpaired) electrons. The van der Waals surface area contributed by atoms with Gasteiger partial charge in [0.15, 0.2) is 0 Å². The fraction of sp³-hybridized carbons (Fsp3) is 0.286. The number of carbonyl (C=O) groups is 3. The molecule has 6 heteroatoms. The topological polar surface area (TPSA) is 69.7 Å². The largest absolute Gasteiger partial charge is 0.342 e. The van der Waals surface area contributed by atoms with E-state index in [2.05, 4.69) is 5.32 Å². The Kier molecular flexibility index (Phi) is 5.54. The Bertz CT molecular complexity index is 871. The van der Waals surface area contributed by atoms with E-state index >= 15 is 0 Å². The second-order valence-corrected chi connectivity index (χ2v) is 6.72. The summed E-state index contributed by atoms with van der Waals surface area (Å²) in [5.74, 6) is -0.369. The first-order valence-electron chi connectivity index (χ1n) is 8.96. The van der Waals surface area contributed by atoms with E-state index < -0.39 is 0 Å². The molecule has 0 bridgehead atoms. The van der Waals surface area contributed by atoms with E-state index in [0.717, 1.165) is 23.2 Å². The standard InChI is InChI=1S/C21H23N3O3/c1-15-5-3-8-19(16(15)2)22-20(26)17-6-4-7-18(13-17)21(27)24-11-9-23(14-25)10-12-24/h3-8,13-14H,9-12H2,1-2H3,(H,22,26). The van der Waals surface area contributed by atoms with Crippen LogP contribution in [0.3, 0.4) is 0 Å². The Hall–Kier alpha value is -3.15. The number of hydrogen-bond donors (Lipinski definition) is 1. The Morgan fingerprint density at radius 1 is 0.963 bits per heavy atom. The van der Waals surface area contributed by atoms with Gasteiger partial charge in [0, 0.05) is 43.0 Å². The maximum Gasteiger partial charge on any atom is 0.255 e. The van der Waals surface area contributed by atoms with Crippen LogP contribution in [0.1, 0.15) is 31.8 Å². The summed E-state index contributed by atoms with van der Waals surface area (Å²) in [7, 11) is 0. The SMILES string of the molecule is Cc1cccc(NC(=O)c2cccc(C(=O)N3CCN(C=O)CC3)c2)c1C. The molecule has 27 heavy (non-hydrogen) atoms. The van der Waals surface area contributed by atoms with E-state index in [1.54, 1.807) is 34.1 Å². The van der Waals surface area contributed by atoms with Crippen LogP contribution in [0.15, 0.2) is 42.5 Å². The molecule has 2 aromatic carbocycles. The van der Waals surface area contributed by atoms with Crippen LogP contribution in [-0.4, -0.2) is 54.2 Å². The monoisotopic (exact) mass is 365 g/mol. The highest BCUT2D eigenvalue weighted by Gasteiger charge is 2.22. The van der Waals surface area contributed by atoms with Crippen molar-refractivity contribution in [2.45, 2.75) is 13.8 Å². The lowest BCUT2D eigenvalue weighted by Gasteiger charge is -2.32. The van der Waals surface area contributed by atoms with Gasteiger partial charge < -0.3 is 15.1 Å². The quantitative estimate of drug-likeness (QED) is 0.846. The molecule has 1 saturated heterocycles. The van der Waals surface area contributed by atoms with Crippen molar-refractivity contribution in [2.24, 2.45) is 0 Å². The number of carbonyl (C=O) groups excluding carboxylic acids is 3. The number of hydrogen-bond acceptors (Lipinski definition) is 3. The molecule has 140 valence electrons. The molecular formula is C21H23N3O3. The molecule has 1 N–H and O–H groups in total. The van der Waals surface area contributed by atoms with Gasteiger partial charge in [-0.1, -0.05) is 18.2 Å². The van der Waals surface area contributed by atoms with Gasteiger partial charge in [0.05, 0.1) is 0 Å². The Labute approximate surface area is 158 Å². The number of rotatable bonds is 4. The van der Waals surface area contributed by atoms with Crippen molar-refractivity contribution >= 4 is 23.9 Å². The molecule has 0 spiro atoms. The molecule has 2 aromatic rings. The molecule has 6 nitrogen and oxygen atoms in total. The Morgan fingerprint density at radius 2 is 1.63 bits per heavy atom. The molecule has 1 heterocycles. The van der Waals surface area contributed by atoms with Crippen molar-refractivity contribution in [1.82, 2.24) is 9.80 Å². The minimum Gasteiger partial charge on any atom is -0.342 e. The summed E-state index contributed by atoms with van der Waals surface area (Å²) >= 11 is 0. The smallest absolute Gasteiger partial charge is 0.255 e. The molecule has 1 fully saturated rings. The number of aryl methyl sites for hydroxylation is 1. The minimum absolute atomic E-state index is 0.123. The van der Waals surface area contributed by atoms with E-state index in [4.69, 9.17) is 0 Å². The van der Waals surface area contributed by atoms with Crippen molar-refractivity contribution in [3.8, 4) is 0 Å². The van der Waals surface area contributed by atoms with Crippen LogP contribution in [0.25, 0.3) is 0 Å². The molecule has 0 saturated carbocycles. The summed E-state index contributed by atoms with van der Waals surface area (Å²) in [6, 6.07) is 12.5. The highest BCUT2D eigenvalue weighted by molar-refractivity contribution is 6.06. The van der Waals surface area contributed by atoms with Gasteiger partial charge in [-0.25, -0.2) is 0 Å². The van der Waals surface area contributed by atoms with Gasteiger partial charge in [-0.2, -0.15) is 0 Å². The summed E-state index contributed by atoms with van der Waals surface area (Å²) < 4.78 is 0. The molecule has 0 unspecified atom stereocenters. The van der Waals surface area contributed by atoms with Crippen LogP contribution in [0.2, 0.25) is 0 Å². The Balaban J connectivity index is 1.73. The van der Waals surface area contributed by atoms with Crippen LogP contribution in [-0.2, 0) is 4.79 Å². The maximum atomic E-state index is 12.7. The molecule has 0 aliphatic carbocycles. The van der Waals surface area contributed by atoms with Crippen LogP contribution in [0.4, 0.5) is 5.69 Å². The van der Waals surface area contributed by atoms with Crippen molar-refractivity contribution in [3.63, 3.8) is 0 Å². The second-order valence-electron chi connectivity index (χ2n) is 6.72. The molecular weight excluding hydrogens is 342 g/mol. The first-order chi connectivity index (χ1) is 13.0. The molecule has 0 atom stereocenters. The van der Waals surface area contributed by atoms with Gasteiger partial charge in [-0.05, 0) is 49.2 Å². The van der Waals surface area contributed by atoms with Crippen LogP contribution in [0.5, 0.6) is 0 Å². The van der Waals surface area contributed by atoms with E-state index in [1.807, 2.05) is 32.0 Å². The zero-order valence-corrected chi connectivity index (χ0v) is 15.6. The third-order valence-corrected chi connectivity index (χ3v) is 4.98. The minimum atomic E-state index is -0.246. The average molecular weight is 365 g/mol. The van der Waals surface area contributed by atoms with Crippen LogP contribution < -0.4 is 5.32 Å². The summed E-state index contributed by atoms with van der Waals surface area (Å²) in [6.07, 6.45) is 0.806. The lowest BCUT2D eigenvalue weighted by Crippen LogP contribution is -2.48. The van der Waals surface area contributed by atoms with Crippen LogP contribution in [0, 0.1) is 13.8 Å². The van der Waals surface area contributed by atoms with Gasteiger partial charge in [0.1, 0.15) is 0 Å². The number of nitrogens with zero attached hydrogens (tertiary/aromatic N) is 2. The highest BCUT2D eigenvalue weighted by Crippen LogP contribution is 2.19. The second kappa shape index (κ2) is 8.03. The first-order valence-corrected chi connectivity index (χ1v) is 8.96. The summed E-state index contributed by atoms with van der Waals surface area (Å²) in [6.45, 7) is 6.01. The fourth-order valence-corrected chi connectivity index (χ4v) is 3.09. The highest BCUT2D eigenvalue weighted by atomic mass is 16.2. The predicted molar refractivity (Wildman–Crippen MR) is 104 cm³/mol. The number of benzene rings is 2. The summed E-state index contributed by atoms with van der Waals surface area (Å²) in [5.41, 5.74) is 3.80. The predicted octanol–water partition coefficient (Wildman–Crippen LogP) is 2.47. The maximum absolute atomic E-state index is 12.7.